The number of nitrogens with zero attached hydrogens (tertiary/aromatic N) is 4. The summed E-state index contributed by atoms with van der Waals surface area (Å²) in [5, 5.41) is 7.60. The summed E-state index contributed by atoms with van der Waals surface area (Å²) in [7, 11) is 0. The smallest absolute Gasteiger partial charge is 0.352 e. The first kappa shape index (κ1) is 26.1. The van der Waals surface area contributed by atoms with Gasteiger partial charge in [0.05, 0.1) is 10.9 Å². The maximum Gasteiger partial charge on any atom is 0.352 e. The third kappa shape index (κ3) is 5.40. The second-order valence-corrected chi connectivity index (χ2v) is 10.3. The molecular weight excluding hydrogens is 470 g/mol. The van der Waals surface area contributed by atoms with Crippen LogP contribution in [0.5, 0.6) is 0 Å². The van der Waals surface area contributed by atoms with Crippen LogP contribution in [-0.2, 0) is 13.1 Å². The van der Waals surface area contributed by atoms with E-state index in [0.717, 1.165) is 10.2 Å². The number of hydrogen-bond donors (Lipinski definition) is 1. The Morgan fingerprint density at radius 2 is 1.62 bits per heavy atom. The van der Waals surface area contributed by atoms with Gasteiger partial charge in [-0.2, -0.15) is 0 Å². The van der Waals surface area contributed by atoms with Crippen molar-refractivity contribution >= 4 is 28.4 Å². The summed E-state index contributed by atoms with van der Waals surface area (Å²) in [6.07, 6.45) is 0.708. The molecule has 37 heavy (non-hydrogen) atoms. The molecule has 4 aromatic rings. The highest BCUT2D eigenvalue weighted by Gasteiger charge is 2.20. The number of ketones is 1. The minimum absolute atomic E-state index is 0.152. The highest BCUT2D eigenvalue weighted by Crippen LogP contribution is 2.16. The van der Waals surface area contributed by atoms with Crippen LogP contribution >= 0.6 is 0 Å². The summed E-state index contributed by atoms with van der Waals surface area (Å²) in [6, 6.07) is 11.8. The number of fused-ring (bicyclic) bond motifs is 3. The van der Waals surface area contributed by atoms with Gasteiger partial charge in [0.15, 0.2) is 5.78 Å². The van der Waals surface area contributed by atoms with E-state index >= 15 is 0 Å². The Morgan fingerprint density at radius 1 is 0.946 bits per heavy atom. The Balaban J connectivity index is 1.87. The Labute approximate surface area is 214 Å². The number of carbonyl (C=O) groups excluding carboxylic acids is 2. The lowest BCUT2D eigenvalue weighted by molar-refractivity contribution is 0.0946. The monoisotopic (exact) mass is 503 g/mol. The van der Waals surface area contributed by atoms with Crippen molar-refractivity contribution in [2.75, 3.05) is 6.54 Å². The molecule has 0 aliphatic rings. The number of amides is 1. The fraction of sp³-hybridized carbons (Fsp3) is 0.393. The SMILES string of the molecule is Cc1ccc(C(=O)Cn2nc3n(CCC(C)C)c(=O)c4ccc(C(=O)NCC(C)C)cc4n3c2=O)cc1. The van der Waals surface area contributed by atoms with Crippen molar-refractivity contribution in [3.8, 4) is 0 Å². The van der Waals surface area contributed by atoms with Gasteiger partial charge in [0.1, 0.15) is 6.54 Å². The molecule has 1 amide bonds. The summed E-state index contributed by atoms with van der Waals surface area (Å²) < 4.78 is 3.90. The number of nitrogens with one attached hydrogen (secondary N) is 1. The van der Waals surface area contributed by atoms with Crippen molar-refractivity contribution in [3.05, 3.63) is 80.0 Å². The fourth-order valence-electron chi connectivity index (χ4n) is 4.11. The Hall–Kier alpha value is -4.01. The topological polar surface area (TPSA) is 107 Å². The van der Waals surface area contributed by atoms with Gasteiger partial charge in [-0.25, -0.2) is 13.9 Å². The molecule has 9 nitrogen and oxygen atoms in total. The van der Waals surface area contributed by atoms with Crippen LogP contribution in [0.1, 0.15) is 60.4 Å². The molecule has 0 fully saturated rings. The molecule has 2 heterocycles. The Bertz CT molecular complexity index is 1590. The van der Waals surface area contributed by atoms with Crippen molar-refractivity contribution in [2.45, 2.75) is 54.1 Å². The molecule has 1 N–H and O–H groups in total. The number of aromatic nitrogens is 4. The minimum atomic E-state index is -0.543. The third-order valence-corrected chi connectivity index (χ3v) is 6.31. The van der Waals surface area contributed by atoms with Crippen LogP contribution in [0.2, 0.25) is 0 Å². The summed E-state index contributed by atoms with van der Waals surface area (Å²) in [5.74, 6) is 0.199. The van der Waals surface area contributed by atoms with Gasteiger partial charge in [-0.15, -0.1) is 5.10 Å². The van der Waals surface area contributed by atoms with Crippen molar-refractivity contribution < 1.29 is 9.59 Å². The molecule has 9 heteroatoms. The van der Waals surface area contributed by atoms with Gasteiger partial charge in [-0.1, -0.05) is 57.5 Å². The van der Waals surface area contributed by atoms with Crippen LogP contribution in [0.25, 0.3) is 16.7 Å². The van der Waals surface area contributed by atoms with Crippen LogP contribution in [0.4, 0.5) is 0 Å². The molecular formula is C28H33N5O4. The summed E-state index contributed by atoms with van der Waals surface area (Å²) >= 11 is 0. The highest BCUT2D eigenvalue weighted by atomic mass is 16.2. The van der Waals surface area contributed by atoms with Gasteiger partial charge < -0.3 is 5.32 Å². The normalized spacial score (nSPS) is 11.6. The number of hydrogen-bond acceptors (Lipinski definition) is 5. The van der Waals surface area contributed by atoms with E-state index in [2.05, 4.69) is 24.3 Å². The average Bonchev–Trinajstić information content (AvgIpc) is 3.17. The van der Waals surface area contributed by atoms with Crippen molar-refractivity contribution in [1.29, 1.82) is 0 Å². The molecule has 0 saturated heterocycles. The lowest BCUT2D eigenvalue weighted by Gasteiger charge is -2.12. The number of rotatable bonds is 9. The molecule has 0 spiro atoms. The number of aryl methyl sites for hydroxylation is 2. The van der Waals surface area contributed by atoms with E-state index < -0.39 is 5.69 Å². The van der Waals surface area contributed by atoms with Crippen LogP contribution in [0.15, 0.2) is 52.1 Å². The van der Waals surface area contributed by atoms with Crippen LogP contribution in [0.3, 0.4) is 0 Å². The molecule has 0 aliphatic heterocycles. The molecule has 194 valence electrons. The lowest BCUT2D eigenvalue weighted by atomic mass is 10.1. The summed E-state index contributed by atoms with van der Waals surface area (Å²) in [5.41, 5.74) is 1.29. The maximum absolute atomic E-state index is 13.6. The first-order valence-electron chi connectivity index (χ1n) is 12.6. The fourth-order valence-corrected chi connectivity index (χ4v) is 4.11. The number of benzene rings is 2. The van der Waals surface area contributed by atoms with E-state index in [1.807, 2.05) is 32.9 Å². The zero-order valence-electron chi connectivity index (χ0n) is 21.9. The second-order valence-electron chi connectivity index (χ2n) is 10.3. The molecule has 0 unspecified atom stereocenters. The third-order valence-electron chi connectivity index (χ3n) is 6.31. The molecule has 2 aromatic carbocycles. The molecule has 2 aromatic heterocycles. The quantitative estimate of drug-likeness (QED) is 0.352. The molecule has 0 bridgehead atoms. The van der Waals surface area contributed by atoms with Crippen LogP contribution < -0.4 is 16.6 Å². The average molecular weight is 504 g/mol. The molecule has 0 atom stereocenters. The van der Waals surface area contributed by atoms with Crippen molar-refractivity contribution in [3.63, 3.8) is 0 Å². The van der Waals surface area contributed by atoms with Crippen LogP contribution in [-0.4, -0.2) is 37.0 Å². The largest absolute Gasteiger partial charge is 0.352 e. The maximum atomic E-state index is 13.6. The summed E-state index contributed by atoms with van der Waals surface area (Å²) in [4.78, 5) is 52.7. The summed E-state index contributed by atoms with van der Waals surface area (Å²) in [6.45, 7) is 10.6. The van der Waals surface area contributed by atoms with E-state index in [0.29, 0.717) is 41.9 Å². The van der Waals surface area contributed by atoms with Crippen molar-refractivity contribution in [1.82, 2.24) is 24.1 Å². The molecule has 0 aliphatic carbocycles. The predicted octanol–water partition coefficient (Wildman–Crippen LogP) is 3.43. The molecule has 4 rings (SSSR count). The second kappa shape index (κ2) is 10.5. The lowest BCUT2D eigenvalue weighted by Crippen LogP contribution is -2.29. The zero-order chi connectivity index (χ0) is 26.9. The van der Waals surface area contributed by atoms with Gasteiger partial charge >= 0.3 is 5.69 Å². The minimum Gasteiger partial charge on any atom is -0.352 e. The first-order valence-corrected chi connectivity index (χ1v) is 12.6. The predicted molar refractivity (Wildman–Crippen MR) is 143 cm³/mol. The van der Waals surface area contributed by atoms with Gasteiger partial charge in [0, 0.05) is 24.2 Å². The van der Waals surface area contributed by atoms with Gasteiger partial charge in [-0.05, 0) is 43.4 Å². The first-order chi connectivity index (χ1) is 17.6. The van der Waals surface area contributed by atoms with E-state index in [1.54, 1.807) is 30.3 Å². The van der Waals surface area contributed by atoms with Crippen LogP contribution in [0, 0.1) is 18.8 Å². The van der Waals surface area contributed by atoms with E-state index in [-0.39, 0.29) is 41.0 Å². The van der Waals surface area contributed by atoms with Gasteiger partial charge in [0.2, 0.25) is 5.78 Å². The van der Waals surface area contributed by atoms with Gasteiger partial charge in [-0.3, -0.25) is 19.0 Å². The van der Waals surface area contributed by atoms with E-state index in [1.165, 1.54) is 8.97 Å². The highest BCUT2D eigenvalue weighted by molar-refractivity contribution is 5.98. The standard InChI is InChI=1S/C28H33N5O4/c1-17(2)12-13-31-26(36)22-11-10-21(25(35)29-15-18(3)4)14-23(22)33-27(31)30-32(28(33)37)16-24(34)20-8-6-19(5)7-9-20/h6-11,14,17-18H,12-13,15-16H2,1-5H3,(H,29,35). The number of Topliss-reactive ketones (excluding diaryl/α,β-unsaturated/α-hetero) is 1. The van der Waals surface area contributed by atoms with Crippen molar-refractivity contribution in [2.24, 2.45) is 11.8 Å². The van der Waals surface area contributed by atoms with E-state index in [9.17, 15) is 19.2 Å². The molecule has 0 radical (unpaired) electrons. The van der Waals surface area contributed by atoms with Gasteiger partial charge in [0.25, 0.3) is 11.5 Å². The molecule has 0 saturated carbocycles. The Morgan fingerprint density at radius 3 is 2.27 bits per heavy atom. The van der Waals surface area contributed by atoms with E-state index in [4.69, 9.17) is 0 Å². The Kier molecular flexibility index (Phi) is 7.42. The number of carbonyl (C=O) groups is 2. The zero-order valence-corrected chi connectivity index (χ0v) is 21.9.